The second-order valence-corrected chi connectivity index (χ2v) is 7.73. The summed E-state index contributed by atoms with van der Waals surface area (Å²) < 4.78 is 20.1. The van der Waals surface area contributed by atoms with Crippen molar-refractivity contribution in [2.45, 2.75) is 26.3 Å². The topological polar surface area (TPSA) is 110 Å². The highest BCUT2D eigenvalue weighted by molar-refractivity contribution is 6.05. The summed E-state index contributed by atoms with van der Waals surface area (Å²) in [5.41, 5.74) is 4.11. The zero-order chi connectivity index (χ0) is 22.3. The number of methoxy groups -OCH3 is 1. The third-order valence-electron chi connectivity index (χ3n) is 5.69. The number of nitrogens with two attached hydrogens (primary N) is 1. The minimum Gasteiger partial charge on any atom is -0.494 e. The smallest absolute Gasteiger partial charge is 0.278 e. The van der Waals surface area contributed by atoms with E-state index in [0.29, 0.717) is 11.4 Å². The predicted octanol–water partition coefficient (Wildman–Crippen LogP) is 2.51. The molecular formula is C21H24FN5O3. The molecule has 2 heterocycles. The zero-order valence-electron chi connectivity index (χ0n) is 17.5. The van der Waals surface area contributed by atoms with Crippen LogP contribution in [0, 0.1) is 11.2 Å². The van der Waals surface area contributed by atoms with Crippen LogP contribution in [-0.2, 0) is 10.3 Å². The van der Waals surface area contributed by atoms with Crippen molar-refractivity contribution < 1.29 is 18.7 Å². The summed E-state index contributed by atoms with van der Waals surface area (Å²) in [6.45, 7) is 5.02. The molecule has 9 heteroatoms. The van der Waals surface area contributed by atoms with Crippen molar-refractivity contribution in [3.63, 3.8) is 0 Å². The molecule has 2 amide bonds. The molecule has 0 bridgehead atoms. The van der Waals surface area contributed by atoms with Gasteiger partial charge in [0.2, 0.25) is 5.91 Å². The van der Waals surface area contributed by atoms with Crippen LogP contribution in [0.2, 0.25) is 0 Å². The summed E-state index contributed by atoms with van der Waals surface area (Å²) in [4.78, 5) is 35.2. The molecule has 0 radical (unpaired) electrons. The number of amides is 2. The number of anilines is 1. The molecule has 3 rings (SSSR count). The van der Waals surface area contributed by atoms with Crippen molar-refractivity contribution in [1.82, 2.24) is 9.88 Å². The molecule has 1 aromatic heterocycles. The summed E-state index contributed by atoms with van der Waals surface area (Å²) in [6, 6.07) is 7.36. The van der Waals surface area contributed by atoms with Crippen LogP contribution in [0.1, 0.15) is 36.8 Å². The van der Waals surface area contributed by atoms with Gasteiger partial charge in [-0.15, -0.1) is 0 Å². The van der Waals surface area contributed by atoms with Crippen LogP contribution in [0.5, 0.6) is 5.75 Å². The number of hydrogen-bond acceptors (Lipinski definition) is 6. The van der Waals surface area contributed by atoms with Gasteiger partial charge in [-0.05, 0) is 51.1 Å². The van der Waals surface area contributed by atoms with Gasteiger partial charge in [0.15, 0.2) is 11.7 Å². The molecule has 0 saturated heterocycles. The fourth-order valence-electron chi connectivity index (χ4n) is 3.46. The maximum absolute atomic E-state index is 14.9. The van der Waals surface area contributed by atoms with E-state index in [1.165, 1.54) is 43.5 Å². The number of aliphatic imine (C=N–C) groups is 1. The molecule has 8 nitrogen and oxygen atoms in total. The van der Waals surface area contributed by atoms with E-state index in [2.05, 4.69) is 15.3 Å². The number of benzene rings is 1. The highest BCUT2D eigenvalue weighted by Crippen LogP contribution is 2.47. The van der Waals surface area contributed by atoms with Crippen LogP contribution in [0.25, 0.3) is 0 Å². The molecule has 158 valence electrons. The average Bonchev–Trinajstić information content (AvgIpc) is 2.72. The molecule has 1 unspecified atom stereocenters. The molecule has 3 N–H and O–H groups in total. The lowest BCUT2D eigenvalue weighted by atomic mass is 9.67. The van der Waals surface area contributed by atoms with Crippen molar-refractivity contribution in [2.24, 2.45) is 16.1 Å². The Morgan fingerprint density at radius 2 is 1.97 bits per heavy atom. The maximum atomic E-state index is 14.9. The number of nitrogens with zero attached hydrogens (tertiary/aromatic N) is 3. The molecule has 2 aromatic rings. The molecule has 30 heavy (non-hydrogen) atoms. The standard InChI is InChI=1S/C21H24FN5O3/c1-20(2)18(29)27(4)19(23)26-21(20,3)13-11-12(8-9-14(13)22)25-17(28)16-15(30-5)7-6-10-24-16/h6-11H,1-5H3,(H2,23,26)(H,25,28). The van der Waals surface area contributed by atoms with Crippen molar-refractivity contribution in [1.29, 1.82) is 0 Å². The van der Waals surface area contributed by atoms with Crippen LogP contribution in [0.4, 0.5) is 10.1 Å². The fourth-order valence-corrected chi connectivity index (χ4v) is 3.46. The second kappa shape index (κ2) is 7.40. The first-order chi connectivity index (χ1) is 14.0. The molecule has 0 aliphatic carbocycles. The van der Waals surface area contributed by atoms with E-state index < -0.39 is 22.7 Å². The number of carbonyl (C=O) groups excluding carboxylic acids is 2. The van der Waals surface area contributed by atoms with Gasteiger partial charge in [0, 0.05) is 24.5 Å². The fraction of sp³-hybridized carbons (Fsp3) is 0.333. The lowest BCUT2D eigenvalue weighted by Gasteiger charge is -2.46. The number of ether oxygens (including phenoxy) is 1. The van der Waals surface area contributed by atoms with Crippen LogP contribution in [0.3, 0.4) is 0 Å². The van der Waals surface area contributed by atoms with Crippen LogP contribution < -0.4 is 15.8 Å². The van der Waals surface area contributed by atoms with E-state index in [4.69, 9.17) is 10.5 Å². The number of aromatic nitrogens is 1. The normalized spacial score (nSPS) is 20.5. The lowest BCUT2D eigenvalue weighted by Crippen LogP contribution is -2.58. The molecule has 1 aromatic carbocycles. The molecule has 1 atom stereocenters. The minimum atomic E-state index is -1.28. The number of carbonyl (C=O) groups is 2. The van der Waals surface area contributed by atoms with Gasteiger partial charge >= 0.3 is 0 Å². The number of pyridine rings is 1. The van der Waals surface area contributed by atoms with Crippen LogP contribution in [0.15, 0.2) is 41.5 Å². The van der Waals surface area contributed by atoms with E-state index in [1.54, 1.807) is 32.9 Å². The lowest BCUT2D eigenvalue weighted by molar-refractivity contribution is -0.140. The Balaban J connectivity index is 2.04. The summed E-state index contributed by atoms with van der Waals surface area (Å²) >= 11 is 0. The number of nitrogens with one attached hydrogen (secondary N) is 1. The van der Waals surface area contributed by atoms with Crippen molar-refractivity contribution in [2.75, 3.05) is 19.5 Å². The van der Waals surface area contributed by atoms with Gasteiger partial charge in [-0.1, -0.05) is 0 Å². The van der Waals surface area contributed by atoms with E-state index >= 15 is 0 Å². The number of halogens is 1. The van der Waals surface area contributed by atoms with Crippen molar-refractivity contribution in [3.8, 4) is 5.75 Å². The summed E-state index contributed by atoms with van der Waals surface area (Å²) in [5, 5.41) is 2.69. The number of rotatable bonds is 4. The highest BCUT2D eigenvalue weighted by atomic mass is 19.1. The van der Waals surface area contributed by atoms with Gasteiger partial charge < -0.3 is 15.8 Å². The van der Waals surface area contributed by atoms with Gasteiger partial charge in [0.1, 0.15) is 17.1 Å². The maximum Gasteiger partial charge on any atom is 0.278 e. The molecule has 1 aliphatic rings. The zero-order valence-corrected chi connectivity index (χ0v) is 17.5. The Kier molecular flexibility index (Phi) is 5.23. The van der Waals surface area contributed by atoms with Crippen LogP contribution in [-0.4, -0.2) is 41.8 Å². The molecule has 0 spiro atoms. The van der Waals surface area contributed by atoms with Gasteiger partial charge in [-0.25, -0.2) is 14.4 Å². The molecule has 1 aliphatic heterocycles. The van der Waals surface area contributed by atoms with Gasteiger partial charge in [0.05, 0.1) is 12.5 Å². The number of hydrogen-bond donors (Lipinski definition) is 2. The Hall–Kier alpha value is -3.49. The summed E-state index contributed by atoms with van der Waals surface area (Å²) in [6.07, 6.45) is 1.47. The third kappa shape index (κ3) is 3.26. The quantitative estimate of drug-likeness (QED) is 0.800. The summed E-state index contributed by atoms with van der Waals surface area (Å²) in [7, 11) is 2.96. The van der Waals surface area contributed by atoms with E-state index in [-0.39, 0.29) is 23.1 Å². The first-order valence-corrected chi connectivity index (χ1v) is 9.27. The Morgan fingerprint density at radius 3 is 2.63 bits per heavy atom. The van der Waals surface area contributed by atoms with Crippen LogP contribution >= 0.6 is 0 Å². The van der Waals surface area contributed by atoms with Crippen molar-refractivity contribution >= 4 is 23.5 Å². The molecule has 0 fully saturated rings. The first kappa shape index (κ1) is 21.2. The predicted molar refractivity (Wildman–Crippen MR) is 111 cm³/mol. The van der Waals surface area contributed by atoms with Gasteiger partial charge in [-0.2, -0.15) is 0 Å². The molecule has 0 saturated carbocycles. The second-order valence-electron chi connectivity index (χ2n) is 7.73. The van der Waals surface area contributed by atoms with Gasteiger partial charge in [-0.3, -0.25) is 14.5 Å². The Labute approximate surface area is 173 Å². The SMILES string of the molecule is COc1cccnc1C(=O)Nc1ccc(F)c(C2(C)N=C(N)N(C)C(=O)C2(C)C)c1. The first-order valence-electron chi connectivity index (χ1n) is 9.27. The van der Waals surface area contributed by atoms with E-state index in [0.717, 1.165) is 0 Å². The monoisotopic (exact) mass is 413 g/mol. The highest BCUT2D eigenvalue weighted by Gasteiger charge is 2.53. The molecular weight excluding hydrogens is 389 g/mol. The van der Waals surface area contributed by atoms with E-state index in [9.17, 15) is 14.0 Å². The Bertz CT molecular complexity index is 1050. The van der Waals surface area contributed by atoms with E-state index in [1.807, 2.05) is 0 Å². The summed E-state index contributed by atoms with van der Waals surface area (Å²) in [5.74, 6) is -1.06. The third-order valence-corrected chi connectivity index (χ3v) is 5.69. The largest absolute Gasteiger partial charge is 0.494 e. The minimum absolute atomic E-state index is 0.00566. The van der Waals surface area contributed by atoms with Gasteiger partial charge in [0.25, 0.3) is 5.91 Å². The van der Waals surface area contributed by atoms with Crippen molar-refractivity contribution in [3.05, 3.63) is 53.6 Å². The Morgan fingerprint density at radius 1 is 1.27 bits per heavy atom. The number of guanidine groups is 1. The average molecular weight is 413 g/mol.